The minimum atomic E-state index is 0.119. The lowest BCUT2D eigenvalue weighted by Gasteiger charge is -2.39. The zero-order valence-corrected chi connectivity index (χ0v) is 17.2. The number of hydrogen-bond acceptors (Lipinski definition) is 6. The number of aliphatic imine (C=N–C) groups is 1. The van der Waals surface area contributed by atoms with Gasteiger partial charge >= 0.3 is 0 Å². The van der Waals surface area contributed by atoms with Crippen molar-refractivity contribution in [3.63, 3.8) is 0 Å². The Balaban J connectivity index is 1.36. The molecule has 2 aromatic rings. The van der Waals surface area contributed by atoms with Gasteiger partial charge in [0.05, 0.1) is 29.7 Å². The van der Waals surface area contributed by atoms with Crippen LogP contribution in [0.2, 0.25) is 0 Å². The molecule has 0 atom stereocenters. The molecule has 0 aliphatic carbocycles. The van der Waals surface area contributed by atoms with Crippen LogP contribution in [0.25, 0.3) is 0 Å². The average Bonchev–Trinajstić information content (AvgIpc) is 3.35. The predicted molar refractivity (Wildman–Crippen MR) is 113 cm³/mol. The summed E-state index contributed by atoms with van der Waals surface area (Å²) < 4.78 is 11.9. The van der Waals surface area contributed by atoms with Crippen LogP contribution in [-0.2, 0) is 11.3 Å². The van der Waals surface area contributed by atoms with E-state index in [1.54, 1.807) is 6.33 Å². The fourth-order valence-corrected chi connectivity index (χ4v) is 4.67. The summed E-state index contributed by atoms with van der Waals surface area (Å²) in [5, 5.41) is 0. The second-order valence-corrected chi connectivity index (χ2v) is 8.53. The number of hydrogen-bond donors (Lipinski definition) is 0. The number of fused-ring (bicyclic) bond motifs is 1. The molecule has 4 heterocycles. The third kappa shape index (κ3) is 3.62. The third-order valence-corrected chi connectivity index (χ3v) is 6.19. The fourth-order valence-electron chi connectivity index (χ4n) is 4.67. The van der Waals surface area contributed by atoms with Gasteiger partial charge in [-0.2, -0.15) is 0 Å². The Morgan fingerprint density at radius 3 is 2.72 bits per heavy atom. The van der Waals surface area contributed by atoms with Gasteiger partial charge in [-0.15, -0.1) is 0 Å². The van der Waals surface area contributed by atoms with E-state index in [1.165, 1.54) is 18.4 Å². The molecule has 29 heavy (non-hydrogen) atoms. The van der Waals surface area contributed by atoms with Gasteiger partial charge in [-0.1, -0.05) is 6.07 Å². The normalized spacial score (nSPS) is 20.2. The zero-order valence-electron chi connectivity index (χ0n) is 17.2. The molecule has 0 radical (unpaired) electrons. The van der Waals surface area contributed by atoms with Crippen LogP contribution in [0, 0.1) is 0 Å². The van der Waals surface area contributed by atoms with Crippen molar-refractivity contribution in [2.24, 2.45) is 4.99 Å². The quantitative estimate of drug-likeness (QED) is 0.793. The smallest absolute Gasteiger partial charge is 0.132 e. The summed E-state index contributed by atoms with van der Waals surface area (Å²) in [6.45, 7) is 7.64. The van der Waals surface area contributed by atoms with Crippen LogP contribution in [0.15, 0.2) is 35.6 Å². The second kappa shape index (κ2) is 7.41. The molecule has 3 aliphatic heterocycles. The summed E-state index contributed by atoms with van der Waals surface area (Å²) in [5.74, 6) is 1.86. The van der Waals surface area contributed by atoms with Gasteiger partial charge in [0.1, 0.15) is 17.9 Å². The summed E-state index contributed by atoms with van der Waals surface area (Å²) in [7, 11) is 0. The van der Waals surface area contributed by atoms with E-state index >= 15 is 0 Å². The predicted octanol–water partition coefficient (Wildman–Crippen LogP) is 3.76. The van der Waals surface area contributed by atoms with Gasteiger partial charge in [0.2, 0.25) is 0 Å². The number of nitrogens with zero attached hydrogens (tertiary/aromatic N) is 4. The molecular weight excluding hydrogens is 364 g/mol. The molecule has 0 unspecified atom stereocenters. The lowest BCUT2D eigenvalue weighted by molar-refractivity contribution is -0.0147. The molecule has 2 saturated heterocycles. The van der Waals surface area contributed by atoms with Crippen LogP contribution in [0.5, 0.6) is 5.75 Å². The van der Waals surface area contributed by atoms with Crippen LogP contribution >= 0.6 is 0 Å². The molecule has 0 amide bonds. The highest BCUT2D eigenvalue weighted by atomic mass is 16.5. The van der Waals surface area contributed by atoms with Crippen LogP contribution in [0.1, 0.15) is 56.4 Å². The molecule has 5 rings (SSSR count). The summed E-state index contributed by atoms with van der Waals surface area (Å²) >= 11 is 0. The first kappa shape index (κ1) is 18.6. The Labute approximate surface area is 172 Å². The lowest BCUT2D eigenvalue weighted by atomic mass is 9.88. The summed E-state index contributed by atoms with van der Waals surface area (Å²) in [6, 6.07) is 8.30. The van der Waals surface area contributed by atoms with Crippen LogP contribution in [0.4, 0.5) is 5.82 Å². The third-order valence-electron chi connectivity index (χ3n) is 6.19. The fraction of sp³-hybridized carbons (Fsp3) is 0.522. The number of benzene rings is 1. The zero-order chi connectivity index (χ0) is 19.8. The van der Waals surface area contributed by atoms with E-state index in [0.717, 1.165) is 61.1 Å². The molecule has 6 heteroatoms. The SMILES string of the molecule is CC(C)Oc1ccc2c(c1)C(c1cc(N3CCC4(CCCO4)CC3)ncn1)=NC2. The van der Waals surface area contributed by atoms with Gasteiger partial charge in [-0.3, -0.25) is 4.99 Å². The van der Waals surface area contributed by atoms with Crippen molar-refractivity contribution >= 4 is 11.5 Å². The van der Waals surface area contributed by atoms with E-state index < -0.39 is 0 Å². The molecule has 1 aromatic heterocycles. The Morgan fingerprint density at radius 1 is 1.10 bits per heavy atom. The largest absolute Gasteiger partial charge is 0.491 e. The van der Waals surface area contributed by atoms with E-state index in [0.29, 0.717) is 6.54 Å². The van der Waals surface area contributed by atoms with Crippen molar-refractivity contribution in [1.82, 2.24) is 9.97 Å². The van der Waals surface area contributed by atoms with E-state index in [2.05, 4.69) is 33.1 Å². The van der Waals surface area contributed by atoms with E-state index in [9.17, 15) is 0 Å². The van der Waals surface area contributed by atoms with Gasteiger partial charge in [-0.05, 0) is 57.2 Å². The van der Waals surface area contributed by atoms with E-state index in [1.807, 2.05) is 19.9 Å². The Hall–Kier alpha value is -2.47. The average molecular weight is 393 g/mol. The summed E-state index contributed by atoms with van der Waals surface area (Å²) in [4.78, 5) is 16.2. The molecule has 0 saturated carbocycles. The first-order chi connectivity index (χ1) is 14.1. The second-order valence-electron chi connectivity index (χ2n) is 8.53. The van der Waals surface area contributed by atoms with Crippen LogP contribution in [0.3, 0.4) is 0 Å². The Morgan fingerprint density at radius 2 is 1.97 bits per heavy atom. The molecule has 152 valence electrons. The van der Waals surface area contributed by atoms with Gasteiger partial charge in [0.15, 0.2) is 0 Å². The van der Waals surface area contributed by atoms with E-state index in [-0.39, 0.29) is 11.7 Å². The lowest BCUT2D eigenvalue weighted by Crippen LogP contribution is -2.44. The number of rotatable bonds is 4. The van der Waals surface area contributed by atoms with Crippen molar-refractivity contribution in [2.75, 3.05) is 24.6 Å². The van der Waals surface area contributed by atoms with Gasteiger partial charge in [0.25, 0.3) is 0 Å². The van der Waals surface area contributed by atoms with Gasteiger partial charge in [-0.25, -0.2) is 9.97 Å². The summed E-state index contributed by atoms with van der Waals surface area (Å²) in [6.07, 6.45) is 6.35. The van der Waals surface area contributed by atoms with Crippen LogP contribution < -0.4 is 9.64 Å². The molecule has 0 bridgehead atoms. The van der Waals surface area contributed by atoms with Gasteiger partial charge < -0.3 is 14.4 Å². The van der Waals surface area contributed by atoms with Crippen molar-refractivity contribution in [3.05, 3.63) is 47.4 Å². The van der Waals surface area contributed by atoms with Crippen molar-refractivity contribution in [3.8, 4) is 5.75 Å². The number of piperidine rings is 1. The number of anilines is 1. The highest BCUT2D eigenvalue weighted by molar-refractivity contribution is 6.14. The maximum Gasteiger partial charge on any atom is 0.132 e. The Kier molecular flexibility index (Phi) is 4.74. The number of aromatic nitrogens is 2. The summed E-state index contributed by atoms with van der Waals surface area (Å²) in [5.41, 5.74) is 4.27. The molecule has 0 N–H and O–H groups in total. The standard InChI is InChI=1S/C23H28N4O2/c1-16(2)29-18-5-4-17-14-24-22(19(17)12-18)20-13-21(26-15-25-20)27-9-7-23(8-10-27)6-3-11-28-23/h4-5,12-13,15-16H,3,6-11,14H2,1-2H3. The van der Waals surface area contributed by atoms with Gasteiger partial charge in [0, 0.05) is 31.3 Å². The topological polar surface area (TPSA) is 59.8 Å². The van der Waals surface area contributed by atoms with E-state index in [4.69, 9.17) is 14.5 Å². The highest BCUT2D eigenvalue weighted by Crippen LogP contribution is 2.36. The molecular formula is C23H28N4O2. The van der Waals surface area contributed by atoms with Crippen molar-refractivity contribution < 1.29 is 9.47 Å². The Bertz CT molecular complexity index is 924. The molecule has 2 fully saturated rings. The van der Waals surface area contributed by atoms with Crippen molar-refractivity contribution in [2.45, 2.75) is 57.8 Å². The minimum absolute atomic E-state index is 0.119. The highest BCUT2D eigenvalue weighted by Gasteiger charge is 2.38. The number of ether oxygens (including phenoxy) is 2. The van der Waals surface area contributed by atoms with Crippen molar-refractivity contribution in [1.29, 1.82) is 0 Å². The monoisotopic (exact) mass is 392 g/mol. The minimum Gasteiger partial charge on any atom is -0.491 e. The molecule has 6 nitrogen and oxygen atoms in total. The first-order valence-electron chi connectivity index (χ1n) is 10.7. The maximum atomic E-state index is 6.06. The molecule has 1 aromatic carbocycles. The molecule has 3 aliphatic rings. The van der Waals surface area contributed by atoms with Crippen LogP contribution in [-0.4, -0.2) is 47.1 Å². The maximum absolute atomic E-state index is 6.06. The molecule has 1 spiro atoms. The first-order valence-corrected chi connectivity index (χ1v) is 10.7.